The molecule has 0 aliphatic heterocycles. The quantitative estimate of drug-likeness (QED) is 0.650. The van der Waals surface area contributed by atoms with Crippen molar-refractivity contribution in [3.8, 4) is 0 Å². The van der Waals surface area contributed by atoms with Gasteiger partial charge in [-0.05, 0) is 51.8 Å². The van der Waals surface area contributed by atoms with Gasteiger partial charge in [-0.15, -0.1) is 0 Å². The summed E-state index contributed by atoms with van der Waals surface area (Å²) in [5.41, 5.74) is -1.78. The summed E-state index contributed by atoms with van der Waals surface area (Å²) in [6, 6.07) is 3.32. The molecule has 1 aromatic carbocycles. The van der Waals surface area contributed by atoms with Gasteiger partial charge in [0.1, 0.15) is 5.60 Å². The van der Waals surface area contributed by atoms with Gasteiger partial charge in [0.2, 0.25) is 5.91 Å². The monoisotopic (exact) mass is 443 g/mol. The van der Waals surface area contributed by atoms with Crippen LogP contribution in [0, 0.1) is 0 Å². The number of ether oxygens (including phenoxy) is 1. The van der Waals surface area contributed by atoms with Crippen LogP contribution in [0.4, 0.5) is 18.0 Å². The Morgan fingerprint density at radius 1 is 1.03 bits per heavy atom. The summed E-state index contributed by atoms with van der Waals surface area (Å²) in [5.74, 6) is -1.28. The van der Waals surface area contributed by atoms with Crippen molar-refractivity contribution in [1.29, 1.82) is 0 Å². The van der Waals surface area contributed by atoms with Gasteiger partial charge in [0.15, 0.2) is 0 Å². The third kappa shape index (κ3) is 8.10. The highest BCUT2D eigenvalue weighted by Gasteiger charge is 2.31. The van der Waals surface area contributed by atoms with Crippen molar-refractivity contribution >= 4 is 17.9 Å². The SMILES string of the molecule is CC(C)(C)OC(=O)NC1CCCCC1NC(=O)CNC(=O)c1cccc(C(F)(F)F)c1. The molecule has 1 fully saturated rings. The molecular weight excluding hydrogens is 415 g/mol. The molecule has 7 nitrogen and oxygen atoms in total. The number of carbonyl (C=O) groups is 3. The van der Waals surface area contributed by atoms with Crippen molar-refractivity contribution in [3.05, 3.63) is 35.4 Å². The molecular formula is C21H28F3N3O4. The number of hydrogen-bond acceptors (Lipinski definition) is 4. The second-order valence-electron chi connectivity index (χ2n) is 8.47. The summed E-state index contributed by atoms with van der Waals surface area (Å²) in [5, 5.41) is 7.87. The van der Waals surface area contributed by atoms with Gasteiger partial charge >= 0.3 is 12.3 Å². The van der Waals surface area contributed by atoms with Crippen LogP contribution in [0.3, 0.4) is 0 Å². The second-order valence-corrected chi connectivity index (χ2v) is 8.47. The Hall–Kier alpha value is -2.78. The Kier molecular flexibility index (Phi) is 7.91. The molecule has 2 rings (SSSR count). The van der Waals surface area contributed by atoms with Crippen LogP contribution >= 0.6 is 0 Å². The van der Waals surface area contributed by atoms with E-state index in [4.69, 9.17) is 4.74 Å². The van der Waals surface area contributed by atoms with E-state index >= 15 is 0 Å². The summed E-state index contributed by atoms with van der Waals surface area (Å²) >= 11 is 0. The van der Waals surface area contributed by atoms with Gasteiger partial charge in [-0.2, -0.15) is 13.2 Å². The summed E-state index contributed by atoms with van der Waals surface area (Å²) in [4.78, 5) is 36.5. The maximum Gasteiger partial charge on any atom is 0.416 e. The molecule has 0 saturated heterocycles. The van der Waals surface area contributed by atoms with Gasteiger partial charge in [-0.25, -0.2) is 4.79 Å². The normalized spacial score (nSPS) is 19.3. The lowest BCUT2D eigenvalue weighted by atomic mass is 9.90. The molecule has 10 heteroatoms. The summed E-state index contributed by atoms with van der Waals surface area (Å²) in [7, 11) is 0. The molecule has 0 radical (unpaired) electrons. The molecule has 1 saturated carbocycles. The van der Waals surface area contributed by atoms with Crippen LogP contribution in [-0.4, -0.2) is 42.1 Å². The van der Waals surface area contributed by atoms with E-state index in [1.165, 1.54) is 6.07 Å². The molecule has 1 aromatic rings. The van der Waals surface area contributed by atoms with Crippen LogP contribution in [-0.2, 0) is 15.7 Å². The summed E-state index contributed by atoms with van der Waals surface area (Å²) in [6.45, 7) is 4.85. The molecule has 172 valence electrons. The number of alkyl halides is 3. The first-order valence-electron chi connectivity index (χ1n) is 10.1. The van der Waals surface area contributed by atoms with E-state index in [0.717, 1.165) is 31.0 Å². The van der Waals surface area contributed by atoms with Gasteiger partial charge in [-0.1, -0.05) is 18.9 Å². The molecule has 2 atom stereocenters. The first-order chi connectivity index (χ1) is 14.3. The zero-order valence-corrected chi connectivity index (χ0v) is 17.8. The Labute approximate surface area is 179 Å². The van der Waals surface area contributed by atoms with Crippen molar-refractivity contribution in [2.45, 2.75) is 70.3 Å². The third-order valence-corrected chi connectivity index (χ3v) is 4.68. The van der Waals surface area contributed by atoms with Crippen LogP contribution in [0.2, 0.25) is 0 Å². The van der Waals surface area contributed by atoms with E-state index < -0.39 is 41.8 Å². The lowest BCUT2D eigenvalue weighted by Gasteiger charge is -2.33. The van der Waals surface area contributed by atoms with Crippen LogP contribution in [0.5, 0.6) is 0 Å². The van der Waals surface area contributed by atoms with Crippen molar-refractivity contribution in [2.24, 2.45) is 0 Å². The summed E-state index contributed by atoms with van der Waals surface area (Å²) < 4.78 is 43.6. The highest BCUT2D eigenvalue weighted by atomic mass is 19.4. The van der Waals surface area contributed by atoms with Crippen molar-refractivity contribution < 1.29 is 32.3 Å². The van der Waals surface area contributed by atoms with Gasteiger partial charge in [0.25, 0.3) is 5.91 Å². The van der Waals surface area contributed by atoms with E-state index in [2.05, 4.69) is 16.0 Å². The number of hydrogen-bond donors (Lipinski definition) is 3. The zero-order chi connectivity index (χ0) is 23.2. The van der Waals surface area contributed by atoms with Crippen LogP contribution in [0.1, 0.15) is 62.4 Å². The van der Waals surface area contributed by atoms with E-state index in [9.17, 15) is 27.6 Å². The molecule has 0 spiro atoms. The average Bonchev–Trinajstić information content (AvgIpc) is 2.65. The average molecular weight is 443 g/mol. The Balaban J connectivity index is 1.89. The second kappa shape index (κ2) is 10.0. The van der Waals surface area contributed by atoms with Gasteiger partial charge in [0.05, 0.1) is 18.2 Å². The standard InChI is InChI=1S/C21H28F3N3O4/c1-20(2,3)31-19(30)27-16-10-5-4-9-15(16)26-17(28)12-25-18(29)13-7-6-8-14(11-13)21(22,23)24/h6-8,11,15-16H,4-5,9-10,12H2,1-3H3,(H,25,29)(H,26,28)(H,27,30). The Morgan fingerprint density at radius 3 is 2.23 bits per heavy atom. The maximum atomic E-state index is 12.8. The predicted octanol–water partition coefficient (Wildman–Crippen LogP) is 3.39. The molecule has 3 N–H and O–H groups in total. The van der Waals surface area contributed by atoms with Crippen molar-refractivity contribution in [2.75, 3.05) is 6.54 Å². The third-order valence-electron chi connectivity index (χ3n) is 4.68. The number of amides is 3. The Morgan fingerprint density at radius 2 is 1.65 bits per heavy atom. The molecule has 1 aliphatic carbocycles. The first kappa shape index (κ1) is 24.5. The lowest BCUT2D eigenvalue weighted by Crippen LogP contribution is -2.55. The lowest BCUT2D eigenvalue weighted by molar-refractivity contribution is -0.137. The number of alkyl carbamates (subject to hydrolysis) is 1. The molecule has 31 heavy (non-hydrogen) atoms. The van der Waals surface area contributed by atoms with Gasteiger partial charge in [-0.3, -0.25) is 9.59 Å². The zero-order valence-electron chi connectivity index (χ0n) is 17.8. The number of benzene rings is 1. The van der Waals surface area contributed by atoms with Gasteiger partial charge < -0.3 is 20.7 Å². The summed E-state index contributed by atoms with van der Waals surface area (Å²) in [6.07, 6.45) is -2.07. The highest BCUT2D eigenvalue weighted by Crippen LogP contribution is 2.29. The predicted molar refractivity (Wildman–Crippen MR) is 107 cm³/mol. The van der Waals surface area contributed by atoms with Crippen LogP contribution in [0.25, 0.3) is 0 Å². The van der Waals surface area contributed by atoms with Crippen LogP contribution < -0.4 is 16.0 Å². The van der Waals surface area contributed by atoms with E-state index in [0.29, 0.717) is 12.8 Å². The van der Waals surface area contributed by atoms with Gasteiger partial charge in [0, 0.05) is 11.6 Å². The van der Waals surface area contributed by atoms with Crippen LogP contribution in [0.15, 0.2) is 24.3 Å². The minimum Gasteiger partial charge on any atom is -0.444 e. The molecule has 0 bridgehead atoms. The first-order valence-corrected chi connectivity index (χ1v) is 10.1. The topological polar surface area (TPSA) is 96.5 Å². The highest BCUT2D eigenvalue weighted by molar-refractivity contribution is 5.96. The molecule has 3 amide bonds. The fraction of sp³-hybridized carbons (Fsp3) is 0.571. The number of halogens is 3. The minimum atomic E-state index is -4.56. The fourth-order valence-corrected chi connectivity index (χ4v) is 3.29. The Bertz CT molecular complexity index is 806. The number of rotatable bonds is 5. The van der Waals surface area contributed by atoms with Crippen molar-refractivity contribution in [1.82, 2.24) is 16.0 Å². The van der Waals surface area contributed by atoms with E-state index in [1.807, 2.05) is 0 Å². The molecule has 2 unspecified atom stereocenters. The smallest absolute Gasteiger partial charge is 0.416 e. The number of nitrogens with one attached hydrogen (secondary N) is 3. The maximum absolute atomic E-state index is 12.8. The molecule has 0 heterocycles. The largest absolute Gasteiger partial charge is 0.444 e. The molecule has 0 aromatic heterocycles. The molecule has 1 aliphatic rings. The fourth-order valence-electron chi connectivity index (χ4n) is 3.29. The van der Waals surface area contributed by atoms with E-state index in [-0.39, 0.29) is 17.6 Å². The minimum absolute atomic E-state index is 0.190. The number of carbonyl (C=O) groups excluding carboxylic acids is 3. The van der Waals surface area contributed by atoms with Crippen molar-refractivity contribution in [3.63, 3.8) is 0 Å². The van der Waals surface area contributed by atoms with E-state index in [1.54, 1.807) is 20.8 Å².